The molecular weight excluding hydrogens is 221 g/mol. The van der Waals surface area contributed by atoms with Gasteiger partial charge in [-0.05, 0) is 37.5 Å². The van der Waals surface area contributed by atoms with E-state index < -0.39 is 11.8 Å². The molecule has 1 aliphatic heterocycles. The van der Waals surface area contributed by atoms with Gasteiger partial charge in [-0.25, -0.2) is 9.18 Å². The predicted octanol–water partition coefficient (Wildman–Crippen LogP) is 2.76. The van der Waals surface area contributed by atoms with Crippen LogP contribution < -0.4 is 4.90 Å². The zero-order valence-electron chi connectivity index (χ0n) is 9.98. The van der Waals surface area contributed by atoms with Gasteiger partial charge in [-0.2, -0.15) is 0 Å². The second-order valence-electron chi connectivity index (χ2n) is 4.81. The van der Waals surface area contributed by atoms with Crippen LogP contribution in [0, 0.1) is 11.7 Å². The Bertz CT molecular complexity index is 447. The number of hydrogen-bond donors (Lipinski definition) is 1. The number of hydrogen-bond acceptors (Lipinski definition) is 2. The molecule has 4 heteroatoms. The molecule has 0 aromatic heterocycles. The van der Waals surface area contributed by atoms with Crippen LogP contribution in [0.4, 0.5) is 10.1 Å². The van der Waals surface area contributed by atoms with Crippen LogP contribution in [0.3, 0.4) is 0 Å². The molecule has 3 nitrogen and oxygen atoms in total. The van der Waals surface area contributed by atoms with Crippen LogP contribution in [0.25, 0.3) is 0 Å². The number of carboxylic acid groups (broad SMARTS) is 1. The van der Waals surface area contributed by atoms with Gasteiger partial charge in [0, 0.05) is 18.3 Å². The first kappa shape index (κ1) is 11.9. The van der Waals surface area contributed by atoms with Crippen molar-refractivity contribution in [1.29, 1.82) is 0 Å². The lowest BCUT2D eigenvalue weighted by Gasteiger charge is -2.24. The molecule has 1 N–H and O–H groups in total. The first-order valence-electron chi connectivity index (χ1n) is 5.78. The summed E-state index contributed by atoms with van der Waals surface area (Å²) in [4.78, 5) is 12.8. The zero-order valence-corrected chi connectivity index (χ0v) is 9.98. The highest BCUT2D eigenvalue weighted by Crippen LogP contribution is 2.29. The van der Waals surface area contributed by atoms with Gasteiger partial charge in [-0.1, -0.05) is 6.92 Å². The second kappa shape index (κ2) is 4.35. The summed E-state index contributed by atoms with van der Waals surface area (Å²) in [6.45, 7) is 5.16. The van der Waals surface area contributed by atoms with Crippen molar-refractivity contribution in [3.05, 3.63) is 29.6 Å². The summed E-state index contributed by atoms with van der Waals surface area (Å²) in [6, 6.07) is 4.71. The van der Waals surface area contributed by atoms with Crippen molar-refractivity contribution in [3.63, 3.8) is 0 Å². The number of anilines is 1. The van der Waals surface area contributed by atoms with Crippen LogP contribution in [0.2, 0.25) is 0 Å². The fraction of sp³-hybridized carbons (Fsp3) is 0.462. The molecule has 0 amide bonds. The third-order valence-electron chi connectivity index (χ3n) is 3.30. The van der Waals surface area contributed by atoms with Crippen molar-refractivity contribution in [2.24, 2.45) is 5.92 Å². The smallest absolute Gasteiger partial charge is 0.338 e. The van der Waals surface area contributed by atoms with Gasteiger partial charge in [-0.3, -0.25) is 0 Å². The lowest BCUT2D eigenvalue weighted by atomic mass is 10.1. The highest BCUT2D eigenvalue weighted by atomic mass is 19.1. The first-order valence-corrected chi connectivity index (χ1v) is 5.78. The normalized spacial score (nSPS) is 24.1. The molecule has 17 heavy (non-hydrogen) atoms. The van der Waals surface area contributed by atoms with Crippen molar-refractivity contribution in [3.8, 4) is 0 Å². The van der Waals surface area contributed by atoms with Crippen LogP contribution in [-0.4, -0.2) is 23.7 Å². The molecule has 0 radical (unpaired) electrons. The van der Waals surface area contributed by atoms with E-state index in [1.54, 1.807) is 6.07 Å². The Labute approximate surface area is 99.9 Å². The standard InChI is InChI=1S/C13H16FNO2/c1-8-5-9(2)15(7-8)10-3-4-11(13(16)17)12(14)6-10/h3-4,6,8-9H,5,7H2,1-2H3,(H,16,17). The van der Waals surface area contributed by atoms with Crippen LogP contribution in [-0.2, 0) is 0 Å². The van der Waals surface area contributed by atoms with Gasteiger partial charge in [0.25, 0.3) is 0 Å². The molecule has 0 bridgehead atoms. The van der Waals surface area contributed by atoms with Crippen LogP contribution in [0.1, 0.15) is 30.6 Å². The van der Waals surface area contributed by atoms with Gasteiger partial charge in [-0.15, -0.1) is 0 Å². The van der Waals surface area contributed by atoms with E-state index in [9.17, 15) is 9.18 Å². The number of carbonyl (C=O) groups is 1. The van der Waals surface area contributed by atoms with E-state index in [2.05, 4.69) is 18.7 Å². The maximum Gasteiger partial charge on any atom is 0.338 e. The number of rotatable bonds is 2. The summed E-state index contributed by atoms with van der Waals surface area (Å²) in [7, 11) is 0. The fourth-order valence-electron chi connectivity index (χ4n) is 2.52. The van der Waals surface area contributed by atoms with Crippen molar-refractivity contribution >= 4 is 11.7 Å². The lowest BCUT2D eigenvalue weighted by molar-refractivity contribution is 0.0692. The van der Waals surface area contributed by atoms with Gasteiger partial charge in [0.2, 0.25) is 0 Å². The quantitative estimate of drug-likeness (QED) is 0.859. The zero-order chi connectivity index (χ0) is 12.6. The number of halogens is 1. The minimum absolute atomic E-state index is 0.270. The molecule has 2 atom stereocenters. The Morgan fingerprint density at radius 2 is 2.18 bits per heavy atom. The molecule has 92 valence electrons. The number of nitrogens with zero attached hydrogens (tertiary/aromatic N) is 1. The summed E-state index contributed by atoms with van der Waals surface area (Å²) >= 11 is 0. The highest BCUT2D eigenvalue weighted by molar-refractivity contribution is 5.88. The molecule has 1 fully saturated rings. The molecule has 1 aromatic carbocycles. The molecule has 1 heterocycles. The van der Waals surface area contributed by atoms with E-state index in [0.717, 1.165) is 18.7 Å². The Hall–Kier alpha value is -1.58. The summed E-state index contributed by atoms with van der Waals surface area (Å²) in [5.74, 6) is -1.30. The fourth-order valence-corrected chi connectivity index (χ4v) is 2.52. The van der Waals surface area contributed by atoms with E-state index >= 15 is 0 Å². The average Bonchev–Trinajstić information content (AvgIpc) is 2.57. The van der Waals surface area contributed by atoms with Crippen LogP contribution in [0.5, 0.6) is 0 Å². The third-order valence-corrected chi connectivity index (χ3v) is 3.30. The van der Waals surface area contributed by atoms with Crippen LogP contribution >= 0.6 is 0 Å². The Kier molecular flexibility index (Phi) is 3.05. The van der Waals surface area contributed by atoms with Crippen molar-refractivity contribution in [1.82, 2.24) is 0 Å². The molecular formula is C13H16FNO2. The van der Waals surface area contributed by atoms with E-state index in [4.69, 9.17) is 5.11 Å². The molecule has 1 aliphatic rings. The van der Waals surface area contributed by atoms with Crippen molar-refractivity contribution in [2.75, 3.05) is 11.4 Å². The Morgan fingerprint density at radius 3 is 2.65 bits per heavy atom. The maximum atomic E-state index is 13.6. The van der Waals surface area contributed by atoms with Gasteiger partial charge >= 0.3 is 5.97 Å². The predicted molar refractivity (Wildman–Crippen MR) is 63.9 cm³/mol. The Balaban J connectivity index is 2.29. The SMILES string of the molecule is CC1CC(C)N(c2ccc(C(=O)O)c(F)c2)C1. The van der Waals surface area contributed by atoms with E-state index in [-0.39, 0.29) is 5.56 Å². The van der Waals surface area contributed by atoms with E-state index in [1.165, 1.54) is 12.1 Å². The minimum Gasteiger partial charge on any atom is -0.478 e. The average molecular weight is 237 g/mol. The van der Waals surface area contributed by atoms with E-state index in [0.29, 0.717) is 12.0 Å². The van der Waals surface area contributed by atoms with Crippen LogP contribution in [0.15, 0.2) is 18.2 Å². The largest absolute Gasteiger partial charge is 0.478 e. The topological polar surface area (TPSA) is 40.5 Å². The highest BCUT2D eigenvalue weighted by Gasteiger charge is 2.26. The first-order chi connectivity index (χ1) is 7.99. The molecule has 0 aliphatic carbocycles. The minimum atomic E-state index is -1.23. The summed E-state index contributed by atoms with van der Waals surface area (Å²) in [5.41, 5.74) is 0.498. The number of benzene rings is 1. The molecule has 0 spiro atoms. The third kappa shape index (κ3) is 2.25. The second-order valence-corrected chi connectivity index (χ2v) is 4.81. The van der Waals surface area contributed by atoms with E-state index in [1.807, 2.05) is 0 Å². The number of carboxylic acids is 1. The van der Waals surface area contributed by atoms with Gasteiger partial charge in [0.1, 0.15) is 5.82 Å². The van der Waals surface area contributed by atoms with Crippen molar-refractivity contribution < 1.29 is 14.3 Å². The number of aromatic carboxylic acids is 1. The molecule has 2 unspecified atom stereocenters. The summed E-state index contributed by atoms with van der Waals surface area (Å²) in [5, 5.41) is 8.76. The molecule has 1 aromatic rings. The monoisotopic (exact) mass is 237 g/mol. The summed E-state index contributed by atoms with van der Waals surface area (Å²) in [6.07, 6.45) is 1.09. The van der Waals surface area contributed by atoms with Gasteiger partial charge in [0.15, 0.2) is 0 Å². The Morgan fingerprint density at radius 1 is 1.47 bits per heavy atom. The van der Waals surface area contributed by atoms with Gasteiger partial charge < -0.3 is 10.0 Å². The van der Waals surface area contributed by atoms with Gasteiger partial charge in [0.05, 0.1) is 5.56 Å². The summed E-state index contributed by atoms with van der Waals surface area (Å²) < 4.78 is 13.6. The lowest BCUT2D eigenvalue weighted by Crippen LogP contribution is -2.26. The maximum absolute atomic E-state index is 13.6. The molecule has 2 rings (SSSR count). The molecule has 0 saturated carbocycles. The molecule has 1 saturated heterocycles. The van der Waals surface area contributed by atoms with Crippen molar-refractivity contribution in [2.45, 2.75) is 26.3 Å².